The Morgan fingerprint density at radius 1 is 0.900 bits per heavy atom. The Morgan fingerprint density at radius 2 is 1.40 bits per heavy atom. The molecule has 1 heterocycles. The minimum Gasteiger partial charge on any atom is -0.473 e. The number of benzene rings is 2. The van der Waals surface area contributed by atoms with E-state index in [0.717, 1.165) is 38.3 Å². The van der Waals surface area contributed by atoms with Crippen LogP contribution in [0.25, 0.3) is 0 Å². The zero-order valence-electron chi connectivity index (χ0n) is 16.7. The molecule has 1 aliphatic rings. The lowest BCUT2D eigenvalue weighted by atomic mass is 10.1. The third-order valence-electron chi connectivity index (χ3n) is 4.76. The maximum Gasteiger partial charge on any atom is 0.414 e. The van der Waals surface area contributed by atoms with E-state index in [1.807, 2.05) is 12.1 Å². The average Bonchev–Trinajstić information content (AvgIpc) is 2.72. The molecule has 3 rings (SSSR count). The number of nitrogens with zero attached hydrogens (tertiary/aromatic N) is 3. The second-order valence-electron chi connectivity index (χ2n) is 7.03. The number of carboxylic acids is 2. The molecule has 0 aliphatic carbocycles. The summed E-state index contributed by atoms with van der Waals surface area (Å²) >= 11 is 0. The monoisotopic (exact) mass is 415 g/mol. The van der Waals surface area contributed by atoms with Gasteiger partial charge in [-0.15, -0.1) is 0 Å². The molecular weight excluding hydrogens is 390 g/mol. The molecule has 0 amide bonds. The Labute approximate surface area is 174 Å². The van der Waals surface area contributed by atoms with Crippen molar-refractivity contribution in [3.8, 4) is 0 Å². The second-order valence-corrected chi connectivity index (χ2v) is 7.03. The lowest BCUT2D eigenvalue weighted by molar-refractivity contribution is -0.385. The minimum absolute atomic E-state index is 0.222. The summed E-state index contributed by atoms with van der Waals surface area (Å²) in [5.74, 6) is -3.65. The highest BCUT2D eigenvalue weighted by Crippen LogP contribution is 2.20. The molecule has 9 heteroatoms. The molecule has 30 heavy (non-hydrogen) atoms. The molecule has 1 aliphatic heterocycles. The number of nitro benzene ring substituents is 1. The first-order valence-electron chi connectivity index (χ1n) is 9.45. The fraction of sp³-hybridized carbons (Fsp3) is 0.333. The van der Waals surface area contributed by atoms with Crippen LogP contribution < -0.4 is 0 Å². The SMILES string of the molecule is Cc1ccc(CN2CCN(Cc3ccccc3[N+](=O)[O-])CC2)cc1.O=C(O)C(=O)O. The lowest BCUT2D eigenvalue weighted by Gasteiger charge is -2.34. The molecule has 0 saturated carbocycles. The van der Waals surface area contributed by atoms with Gasteiger partial charge >= 0.3 is 11.9 Å². The number of carboxylic acid groups (broad SMARTS) is 2. The summed E-state index contributed by atoms with van der Waals surface area (Å²) in [6.07, 6.45) is 0. The maximum atomic E-state index is 11.1. The number of nitro groups is 1. The Balaban J connectivity index is 0.000000469. The van der Waals surface area contributed by atoms with Crippen molar-refractivity contribution in [2.45, 2.75) is 20.0 Å². The standard InChI is InChI=1S/C19H23N3O2.C2H2O4/c1-16-6-8-17(9-7-16)14-20-10-12-21(13-11-20)15-18-4-2-3-5-19(18)22(23)24;3-1(4)2(5)6/h2-9H,10-15H2,1H3;(H,3,4)(H,5,6). The molecule has 0 radical (unpaired) electrons. The Morgan fingerprint density at radius 3 is 1.90 bits per heavy atom. The average molecular weight is 415 g/mol. The van der Waals surface area contributed by atoms with Gasteiger partial charge in [-0.1, -0.05) is 48.0 Å². The number of carbonyl (C=O) groups is 2. The van der Waals surface area contributed by atoms with Crippen molar-refractivity contribution >= 4 is 17.6 Å². The number of rotatable bonds is 5. The fourth-order valence-electron chi connectivity index (χ4n) is 3.12. The van der Waals surface area contributed by atoms with E-state index in [4.69, 9.17) is 19.8 Å². The highest BCUT2D eigenvalue weighted by Gasteiger charge is 2.20. The van der Waals surface area contributed by atoms with Crippen LogP contribution in [0.15, 0.2) is 48.5 Å². The quantitative estimate of drug-likeness (QED) is 0.433. The smallest absolute Gasteiger partial charge is 0.414 e. The van der Waals surface area contributed by atoms with Crippen molar-refractivity contribution in [2.24, 2.45) is 0 Å². The van der Waals surface area contributed by atoms with Gasteiger partial charge in [0.2, 0.25) is 0 Å². The highest BCUT2D eigenvalue weighted by atomic mass is 16.6. The van der Waals surface area contributed by atoms with Gasteiger partial charge < -0.3 is 10.2 Å². The van der Waals surface area contributed by atoms with Crippen molar-refractivity contribution in [3.63, 3.8) is 0 Å². The lowest BCUT2D eigenvalue weighted by Crippen LogP contribution is -2.45. The summed E-state index contributed by atoms with van der Waals surface area (Å²) < 4.78 is 0. The number of para-hydroxylation sites is 1. The van der Waals surface area contributed by atoms with Gasteiger partial charge in [0, 0.05) is 50.9 Å². The van der Waals surface area contributed by atoms with E-state index in [1.54, 1.807) is 12.1 Å². The van der Waals surface area contributed by atoms with Crippen molar-refractivity contribution in [2.75, 3.05) is 26.2 Å². The molecule has 1 saturated heterocycles. The van der Waals surface area contributed by atoms with Gasteiger partial charge in [0.1, 0.15) is 0 Å². The van der Waals surface area contributed by atoms with E-state index < -0.39 is 11.9 Å². The van der Waals surface area contributed by atoms with Crippen molar-refractivity contribution < 1.29 is 24.7 Å². The molecular formula is C21H25N3O6. The molecule has 1 fully saturated rings. The van der Waals surface area contributed by atoms with Gasteiger partial charge in [-0.3, -0.25) is 19.9 Å². The highest BCUT2D eigenvalue weighted by molar-refractivity contribution is 6.27. The first-order chi connectivity index (χ1) is 14.3. The van der Waals surface area contributed by atoms with Crippen molar-refractivity contribution in [1.29, 1.82) is 0 Å². The Kier molecular flexibility index (Phi) is 8.45. The molecule has 0 bridgehead atoms. The second kappa shape index (κ2) is 11.0. The first kappa shape index (κ1) is 23.0. The van der Waals surface area contributed by atoms with E-state index in [2.05, 4.69) is 41.0 Å². The van der Waals surface area contributed by atoms with Gasteiger partial charge in [-0.2, -0.15) is 0 Å². The topological polar surface area (TPSA) is 124 Å². The maximum absolute atomic E-state index is 11.1. The molecule has 2 N–H and O–H groups in total. The summed E-state index contributed by atoms with van der Waals surface area (Å²) in [4.78, 5) is 33.8. The zero-order valence-corrected chi connectivity index (χ0v) is 16.7. The van der Waals surface area contributed by atoms with Crippen LogP contribution in [0.3, 0.4) is 0 Å². The molecule has 2 aromatic rings. The fourth-order valence-corrected chi connectivity index (χ4v) is 3.12. The predicted molar refractivity (Wildman–Crippen MR) is 110 cm³/mol. The van der Waals surface area contributed by atoms with Crippen LogP contribution in [0.2, 0.25) is 0 Å². The third kappa shape index (κ3) is 7.26. The normalized spacial score (nSPS) is 14.4. The van der Waals surface area contributed by atoms with E-state index in [1.165, 1.54) is 11.1 Å². The summed E-state index contributed by atoms with van der Waals surface area (Å²) in [5.41, 5.74) is 3.65. The molecule has 0 unspecified atom stereocenters. The molecule has 160 valence electrons. The minimum atomic E-state index is -1.82. The molecule has 0 spiro atoms. The summed E-state index contributed by atoms with van der Waals surface area (Å²) in [5, 5.41) is 25.9. The largest absolute Gasteiger partial charge is 0.473 e. The van der Waals surface area contributed by atoms with Crippen LogP contribution in [0.4, 0.5) is 5.69 Å². The summed E-state index contributed by atoms with van der Waals surface area (Å²) in [6.45, 7) is 7.60. The van der Waals surface area contributed by atoms with Gasteiger partial charge in [0.25, 0.3) is 5.69 Å². The van der Waals surface area contributed by atoms with Gasteiger partial charge in [-0.25, -0.2) is 9.59 Å². The number of piperazine rings is 1. The van der Waals surface area contributed by atoms with E-state index in [0.29, 0.717) is 6.54 Å². The molecule has 0 atom stereocenters. The number of aliphatic carboxylic acids is 2. The van der Waals surface area contributed by atoms with Gasteiger partial charge in [-0.05, 0) is 12.5 Å². The third-order valence-corrected chi connectivity index (χ3v) is 4.76. The first-order valence-corrected chi connectivity index (χ1v) is 9.45. The molecule has 2 aromatic carbocycles. The van der Waals surface area contributed by atoms with Crippen LogP contribution >= 0.6 is 0 Å². The number of hydrogen-bond acceptors (Lipinski definition) is 6. The zero-order chi connectivity index (χ0) is 22.1. The number of aryl methyl sites for hydroxylation is 1. The van der Waals surface area contributed by atoms with Crippen LogP contribution in [0.1, 0.15) is 16.7 Å². The van der Waals surface area contributed by atoms with Crippen LogP contribution in [-0.2, 0) is 22.7 Å². The van der Waals surface area contributed by atoms with Crippen molar-refractivity contribution in [3.05, 3.63) is 75.3 Å². The van der Waals surface area contributed by atoms with Crippen LogP contribution in [0, 0.1) is 17.0 Å². The van der Waals surface area contributed by atoms with Crippen LogP contribution in [-0.4, -0.2) is 63.1 Å². The van der Waals surface area contributed by atoms with Crippen LogP contribution in [0.5, 0.6) is 0 Å². The Hall–Kier alpha value is -3.30. The molecule has 9 nitrogen and oxygen atoms in total. The Bertz CT molecular complexity index is 865. The number of hydrogen-bond donors (Lipinski definition) is 2. The molecule has 0 aromatic heterocycles. The van der Waals surface area contributed by atoms with E-state index >= 15 is 0 Å². The van der Waals surface area contributed by atoms with E-state index in [9.17, 15) is 10.1 Å². The summed E-state index contributed by atoms with van der Waals surface area (Å²) in [6, 6.07) is 15.7. The van der Waals surface area contributed by atoms with Crippen molar-refractivity contribution in [1.82, 2.24) is 9.80 Å². The van der Waals surface area contributed by atoms with E-state index in [-0.39, 0.29) is 10.6 Å². The predicted octanol–water partition coefficient (Wildman–Crippen LogP) is 2.38. The van der Waals surface area contributed by atoms with Gasteiger partial charge in [0.15, 0.2) is 0 Å². The van der Waals surface area contributed by atoms with Gasteiger partial charge in [0.05, 0.1) is 4.92 Å². The summed E-state index contributed by atoms with van der Waals surface area (Å²) in [7, 11) is 0.